The summed E-state index contributed by atoms with van der Waals surface area (Å²) in [7, 11) is 1.27. The second kappa shape index (κ2) is 5.55. The number of nitro benzene ring substituents is 1. The number of alkyl halides is 3. The van der Waals surface area contributed by atoms with Crippen molar-refractivity contribution in [1.29, 1.82) is 0 Å². The average Bonchev–Trinajstić information content (AvgIpc) is 2.45. The zero-order valence-corrected chi connectivity index (χ0v) is 11.3. The van der Waals surface area contributed by atoms with Crippen LogP contribution in [-0.4, -0.2) is 12.0 Å². The van der Waals surface area contributed by atoms with Gasteiger partial charge in [-0.05, 0) is 18.2 Å². The van der Waals surface area contributed by atoms with Gasteiger partial charge in [0.25, 0.3) is 0 Å². The van der Waals surface area contributed by atoms with Gasteiger partial charge in [0, 0.05) is 5.56 Å². The lowest BCUT2D eigenvalue weighted by Crippen LogP contribution is -2.10. The summed E-state index contributed by atoms with van der Waals surface area (Å²) in [5.41, 5.74) is 2.59. The normalized spacial score (nSPS) is 11.3. The zero-order chi connectivity index (χ0) is 16.5. The first kappa shape index (κ1) is 15.6. The average molecular weight is 312 g/mol. The molecule has 8 heteroatoms. The summed E-state index contributed by atoms with van der Waals surface area (Å²) in [4.78, 5) is 10.3. The Kier molecular flexibility index (Phi) is 3.94. The maximum atomic E-state index is 13.2. The molecule has 0 saturated carbocycles. The number of nitrogens with two attached hydrogens (primary N) is 1. The van der Waals surface area contributed by atoms with Crippen molar-refractivity contribution in [2.24, 2.45) is 0 Å². The molecule has 0 unspecified atom stereocenters. The highest BCUT2D eigenvalue weighted by molar-refractivity contribution is 5.87. The van der Waals surface area contributed by atoms with Gasteiger partial charge >= 0.3 is 11.9 Å². The van der Waals surface area contributed by atoms with E-state index in [2.05, 4.69) is 0 Å². The summed E-state index contributed by atoms with van der Waals surface area (Å²) in [5.74, 6) is 0.0849. The Bertz CT molecular complexity index is 730. The summed E-state index contributed by atoms with van der Waals surface area (Å²) in [6.07, 6.45) is -4.77. The molecule has 116 valence electrons. The SMILES string of the molecule is COc1ccccc1-c1c(C(F)(F)F)ccc(N)c1[N+](=O)[O-]. The molecule has 0 fully saturated rings. The third-order valence-corrected chi connectivity index (χ3v) is 3.07. The molecule has 0 aliphatic carbocycles. The number of hydrogen-bond donors (Lipinski definition) is 1. The van der Waals surface area contributed by atoms with Crippen LogP contribution in [0, 0.1) is 10.1 Å². The minimum absolute atomic E-state index is 0.0451. The molecule has 2 aromatic rings. The van der Waals surface area contributed by atoms with Crippen molar-refractivity contribution in [3.05, 3.63) is 52.1 Å². The van der Waals surface area contributed by atoms with Crippen LogP contribution in [0.25, 0.3) is 11.1 Å². The van der Waals surface area contributed by atoms with Crippen LogP contribution >= 0.6 is 0 Å². The van der Waals surface area contributed by atoms with Crippen molar-refractivity contribution in [3.8, 4) is 16.9 Å². The molecule has 0 heterocycles. The minimum atomic E-state index is -4.77. The third kappa shape index (κ3) is 2.67. The molecule has 2 aromatic carbocycles. The highest BCUT2D eigenvalue weighted by Gasteiger charge is 2.39. The van der Waals surface area contributed by atoms with Crippen LogP contribution in [0.2, 0.25) is 0 Å². The van der Waals surface area contributed by atoms with Gasteiger partial charge in [-0.25, -0.2) is 0 Å². The van der Waals surface area contributed by atoms with Gasteiger partial charge in [-0.15, -0.1) is 0 Å². The smallest absolute Gasteiger partial charge is 0.417 e. The first-order chi connectivity index (χ1) is 10.3. The molecule has 0 bridgehead atoms. The molecule has 5 nitrogen and oxygen atoms in total. The Morgan fingerprint density at radius 3 is 2.36 bits per heavy atom. The van der Waals surface area contributed by atoms with E-state index in [1.54, 1.807) is 6.07 Å². The largest absolute Gasteiger partial charge is 0.496 e. The molecule has 0 aromatic heterocycles. The Hall–Kier alpha value is -2.77. The molecule has 2 rings (SSSR count). The van der Waals surface area contributed by atoms with Crippen molar-refractivity contribution in [1.82, 2.24) is 0 Å². The predicted molar refractivity (Wildman–Crippen MR) is 74.5 cm³/mol. The number of hydrogen-bond acceptors (Lipinski definition) is 4. The van der Waals surface area contributed by atoms with Gasteiger partial charge in [0.15, 0.2) is 0 Å². The Morgan fingerprint density at radius 2 is 1.82 bits per heavy atom. The number of benzene rings is 2. The Balaban J connectivity index is 2.93. The monoisotopic (exact) mass is 312 g/mol. The maximum absolute atomic E-state index is 13.2. The highest BCUT2D eigenvalue weighted by atomic mass is 19.4. The molecular formula is C14H11F3N2O3. The number of methoxy groups -OCH3 is 1. The second-order valence-electron chi connectivity index (χ2n) is 4.38. The fourth-order valence-electron chi connectivity index (χ4n) is 2.16. The Labute approximate surface area is 123 Å². The molecule has 0 aliphatic rings. The molecular weight excluding hydrogens is 301 g/mol. The van der Waals surface area contributed by atoms with E-state index in [1.807, 2.05) is 0 Å². The summed E-state index contributed by atoms with van der Waals surface area (Å²) < 4.78 is 44.7. The summed E-state index contributed by atoms with van der Waals surface area (Å²) in [6, 6.07) is 7.35. The van der Waals surface area contributed by atoms with Crippen LogP contribution in [0.15, 0.2) is 36.4 Å². The first-order valence-corrected chi connectivity index (χ1v) is 6.04. The number of para-hydroxylation sites is 1. The minimum Gasteiger partial charge on any atom is -0.496 e. The number of rotatable bonds is 3. The molecule has 0 amide bonds. The number of anilines is 1. The van der Waals surface area contributed by atoms with Crippen LogP contribution in [0.3, 0.4) is 0 Å². The number of halogens is 3. The van der Waals surface area contributed by atoms with Gasteiger partial charge < -0.3 is 10.5 Å². The molecule has 0 aliphatic heterocycles. The fourth-order valence-corrected chi connectivity index (χ4v) is 2.16. The fraction of sp³-hybridized carbons (Fsp3) is 0.143. The van der Waals surface area contributed by atoms with Crippen LogP contribution in [0.4, 0.5) is 24.5 Å². The lowest BCUT2D eigenvalue weighted by atomic mass is 9.95. The van der Waals surface area contributed by atoms with Crippen molar-refractivity contribution >= 4 is 11.4 Å². The lowest BCUT2D eigenvalue weighted by molar-refractivity contribution is -0.383. The van der Waals surface area contributed by atoms with E-state index in [0.29, 0.717) is 0 Å². The van der Waals surface area contributed by atoms with Gasteiger partial charge in [-0.2, -0.15) is 13.2 Å². The van der Waals surface area contributed by atoms with E-state index in [9.17, 15) is 23.3 Å². The molecule has 0 saturated heterocycles. The van der Waals surface area contributed by atoms with Crippen molar-refractivity contribution in [2.45, 2.75) is 6.18 Å². The van der Waals surface area contributed by atoms with Crippen molar-refractivity contribution in [2.75, 3.05) is 12.8 Å². The summed E-state index contributed by atoms with van der Waals surface area (Å²) >= 11 is 0. The van der Waals surface area contributed by atoms with Crippen molar-refractivity contribution < 1.29 is 22.8 Å². The number of nitrogens with zero attached hydrogens (tertiary/aromatic N) is 1. The number of nitrogen functional groups attached to an aromatic ring is 1. The topological polar surface area (TPSA) is 78.4 Å². The van der Waals surface area contributed by atoms with Crippen LogP contribution < -0.4 is 10.5 Å². The van der Waals surface area contributed by atoms with Gasteiger partial charge in [0.2, 0.25) is 0 Å². The maximum Gasteiger partial charge on any atom is 0.417 e. The highest BCUT2D eigenvalue weighted by Crippen LogP contribution is 2.46. The molecule has 0 atom stereocenters. The predicted octanol–water partition coefficient (Wildman–Crippen LogP) is 3.87. The van der Waals surface area contributed by atoms with Crippen LogP contribution in [0.5, 0.6) is 5.75 Å². The molecule has 22 heavy (non-hydrogen) atoms. The van der Waals surface area contributed by atoms with Gasteiger partial charge in [0.05, 0.1) is 23.2 Å². The van der Waals surface area contributed by atoms with Crippen LogP contribution in [0.1, 0.15) is 5.56 Å². The first-order valence-electron chi connectivity index (χ1n) is 6.04. The lowest BCUT2D eigenvalue weighted by Gasteiger charge is -2.16. The van der Waals surface area contributed by atoms with E-state index in [4.69, 9.17) is 10.5 Å². The molecule has 0 radical (unpaired) electrons. The second-order valence-corrected chi connectivity index (χ2v) is 4.38. The number of nitro groups is 1. The van der Waals surface area contributed by atoms with Crippen molar-refractivity contribution in [3.63, 3.8) is 0 Å². The molecule has 0 spiro atoms. The van der Waals surface area contributed by atoms with E-state index in [0.717, 1.165) is 12.1 Å². The van der Waals surface area contributed by atoms with E-state index in [-0.39, 0.29) is 17.0 Å². The van der Waals surface area contributed by atoms with Crippen LogP contribution in [-0.2, 0) is 6.18 Å². The van der Waals surface area contributed by atoms with Gasteiger partial charge in [0.1, 0.15) is 11.4 Å². The third-order valence-electron chi connectivity index (χ3n) is 3.07. The summed E-state index contributed by atoms with van der Waals surface area (Å²) in [6.45, 7) is 0. The van der Waals surface area contributed by atoms with E-state index in [1.165, 1.54) is 25.3 Å². The number of ether oxygens (including phenoxy) is 1. The van der Waals surface area contributed by atoms with Gasteiger partial charge in [-0.3, -0.25) is 10.1 Å². The zero-order valence-electron chi connectivity index (χ0n) is 11.3. The molecule has 2 N–H and O–H groups in total. The Morgan fingerprint density at radius 1 is 1.18 bits per heavy atom. The van der Waals surface area contributed by atoms with E-state index >= 15 is 0 Å². The summed E-state index contributed by atoms with van der Waals surface area (Å²) in [5, 5.41) is 11.2. The van der Waals surface area contributed by atoms with Gasteiger partial charge in [-0.1, -0.05) is 18.2 Å². The standard InChI is InChI=1S/C14H11F3N2O3/c1-22-11-5-3-2-4-8(11)12-9(14(15,16)17)6-7-10(18)13(12)19(20)21/h2-7H,18H2,1H3. The van der Waals surface area contributed by atoms with E-state index < -0.39 is 27.9 Å². The quantitative estimate of drug-likeness (QED) is 0.530.